The molecule has 1 aromatic rings. The Morgan fingerprint density at radius 2 is 2.04 bits per heavy atom. The molecule has 0 radical (unpaired) electrons. The molecule has 2 rings (SSSR count). The van der Waals surface area contributed by atoms with Gasteiger partial charge < -0.3 is 19.9 Å². The number of nitrogens with one attached hydrogen (secondary N) is 2. The van der Waals surface area contributed by atoms with Crippen molar-refractivity contribution in [2.75, 3.05) is 26.3 Å². The minimum absolute atomic E-state index is 0. The van der Waals surface area contributed by atoms with E-state index in [4.69, 9.17) is 9.26 Å². The van der Waals surface area contributed by atoms with Crippen LogP contribution in [0.15, 0.2) is 9.52 Å². The molecule has 0 bridgehead atoms. The molecular weight excluding hydrogens is 431 g/mol. The van der Waals surface area contributed by atoms with E-state index in [0.29, 0.717) is 6.54 Å². The first-order valence-corrected chi connectivity index (χ1v) is 9.34. The van der Waals surface area contributed by atoms with Gasteiger partial charge in [0.05, 0.1) is 12.2 Å². The molecule has 1 saturated carbocycles. The van der Waals surface area contributed by atoms with Gasteiger partial charge in [-0.25, -0.2) is 4.99 Å². The van der Waals surface area contributed by atoms with Crippen LogP contribution in [-0.2, 0) is 24.1 Å². The summed E-state index contributed by atoms with van der Waals surface area (Å²) in [5.41, 5.74) is 2.14. The molecule has 0 amide bonds. The van der Waals surface area contributed by atoms with E-state index >= 15 is 0 Å². The second-order valence-electron chi connectivity index (χ2n) is 6.23. The van der Waals surface area contributed by atoms with Crippen molar-refractivity contribution in [2.24, 2.45) is 10.9 Å². The zero-order chi connectivity index (χ0) is 17.2. The Morgan fingerprint density at radius 3 is 2.68 bits per heavy atom. The molecule has 1 fully saturated rings. The zero-order valence-electron chi connectivity index (χ0n) is 15.8. The third-order valence-electron chi connectivity index (χ3n) is 4.15. The Hall–Kier alpha value is -0.830. The topological polar surface area (TPSA) is 71.7 Å². The molecule has 0 atom stereocenters. The molecule has 1 aliphatic rings. The number of aromatic nitrogens is 1. The van der Waals surface area contributed by atoms with Crippen LogP contribution >= 0.6 is 24.0 Å². The second kappa shape index (κ2) is 12.5. The van der Waals surface area contributed by atoms with E-state index < -0.39 is 0 Å². The third-order valence-corrected chi connectivity index (χ3v) is 4.15. The normalized spacial score (nSPS) is 14.3. The number of halogens is 1. The molecule has 1 aromatic heterocycles. The van der Waals surface area contributed by atoms with Gasteiger partial charge in [-0.05, 0) is 38.5 Å². The van der Waals surface area contributed by atoms with Crippen molar-refractivity contribution in [1.82, 2.24) is 15.8 Å². The first-order chi connectivity index (χ1) is 11.8. The maximum absolute atomic E-state index is 5.66. The molecule has 25 heavy (non-hydrogen) atoms. The van der Waals surface area contributed by atoms with Crippen LogP contribution in [0.1, 0.15) is 57.1 Å². The standard InChI is InChI=1S/C18H32N4O2.HI/c1-4-16-15(17(5-2)24-22-16)12-21-18(19-6-3)20-10-7-11-23-13-14-8-9-14;/h14H,4-13H2,1-3H3,(H2,19,20,21);1H. The zero-order valence-corrected chi connectivity index (χ0v) is 18.1. The molecule has 1 aliphatic carbocycles. The number of aliphatic imine (C=N–C) groups is 1. The van der Waals surface area contributed by atoms with Gasteiger partial charge in [0.15, 0.2) is 5.96 Å². The van der Waals surface area contributed by atoms with Crippen molar-refractivity contribution >= 4 is 29.9 Å². The van der Waals surface area contributed by atoms with Crippen molar-refractivity contribution in [3.63, 3.8) is 0 Å². The van der Waals surface area contributed by atoms with Gasteiger partial charge in [-0.1, -0.05) is 19.0 Å². The lowest BCUT2D eigenvalue weighted by atomic mass is 10.1. The summed E-state index contributed by atoms with van der Waals surface area (Å²) in [4.78, 5) is 4.68. The maximum Gasteiger partial charge on any atom is 0.191 e. The van der Waals surface area contributed by atoms with E-state index in [9.17, 15) is 0 Å². The lowest BCUT2D eigenvalue weighted by molar-refractivity contribution is 0.123. The predicted octanol–water partition coefficient (Wildman–Crippen LogP) is 3.29. The fourth-order valence-electron chi connectivity index (χ4n) is 2.53. The Morgan fingerprint density at radius 1 is 1.24 bits per heavy atom. The Labute approximate surface area is 168 Å². The summed E-state index contributed by atoms with van der Waals surface area (Å²) < 4.78 is 11.1. The Balaban J connectivity index is 0.00000312. The smallest absolute Gasteiger partial charge is 0.191 e. The SMILES string of the molecule is CCNC(=NCc1c(CC)noc1CC)NCCCOCC1CC1.I. The van der Waals surface area contributed by atoms with Crippen LogP contribution in [0, 0.1) is 5.92 Å². The molecule has 144 valence electrons. The minimum Gasteiger partial charge on any atom is -0.381 e. The number of hydrogen-bond acceptors (Lipinski definition) is 4. The summed E-state index contributed by atoms with van der Waals surface area (Å²) in [6, 6.07) is 0. The highest BCUT2D eigenvalue weighted by Gasteiger charge is 2.20. The summed E-state index contributed by atoms with van der Waals surface area (Å²) in [5, 5.41) is 10.8. The lowest BCUT2D eigenvalue weighted by Crippen LogP contribution is -2.38. The van der Waals surface area contributed by atoms with E-state index in [2.05, 4.69) is 41.6 Å². The van der Waals surface area contributed by atoms with Crippen LogP contribution in [-0.4, -0.2) is 37.4 Å². The Kier molecular flexibility index (Phi) is 11.1. The van der Waals surface area contributed by atoms with E-state index in [1.807, 2.05) is 0 Å². The quantitative estimate of drug-likeness (QED) is 0.228. The molecule has 0 aliphatic heterocycles. The fourth-order valence-corrected chi connectivity index (χ4v) is 2.53. The summed E-state index contributed by atoms with van der Waals surface area (Å²) >= 11 is 0. The van der Waals surface area contributed by atoms with Crippen LogP contribution in [0.2, 0.25) is 0 Å². The largest absolute Gasteiger partial charge is 0.381 e. The van der Waals surface area contributed by atoms with Crippen LogP contribution in [0.3, 0.4) is 0 Å². The van der Waals surface area contributed by atoms with Crippen molar-refractivity contribution in [3.8, 4) is 0 Å². The number of rotatable bonds is 11. The van der Waals surface area contributed by atoms with Crippen molar-refractivity contribution in [1.29, 1.82) is 0 Å². The van der Waals surface area contributed by atoms with E-state index in [-0.39, 0.29) is 24.0 Å². The van der Waals surface area contributed by atoms with Gasteiger partial charge in [0.25, 0.3) is 0 Å². The number of hydrogen-bond donors (Lipinski definition) is 2. The maximum atomic E-state index is 5.66. The van der Waals surface area contributed by atoms with Crippen LogP contribution < -0.4 is 10.6 Å². The van der Waals surface area contributed by atoms with Crippen molar-refractivity contribution < 1.29 is 9.26 Å². The molecule has 0 aromatic carbocycles. The molecule has 7 heteroatoms. The highest BCUT2D eigenvalue weighted by Crippen LogP contribution is 2.28. The van der Waals surface area contributed by atoms with Gasteiger partial charge in [-0.15, -0.1) is 24.0 Å². The number of aryl methyl sites for hydroxylation is 2. The van der Waals surface area contributed by atoms with Gasteiger partial charge in [0, 0.05) is 38.3 Å². The monoisotopic (exact) mass is 464 g/mol. The summed E-state index contributed by atoms with van der Waals surface area (Å²) in [6.07, 6.45) is 5.40. The van der Waals surface area contributed by atoms with Gasteiger partial charge in [0.1, 0.15) is 5.76 Å². The second-order valence-corrected chi connectivity index (χ2v) is 6.23. The third kappa shape index (κ3) is 7.94. The van der Waals surface area contributed by atoms with Crippen molar-refractivity contribution in [2.45, 2.75) is 59.4 Å². The first kappa shape index (κ1) is 22.2. The van der Waals surface area contributed by atoms with Crippen LogP contribution in [0.4, 0.5) is 0 Å². The van der Waals surface area contributed by atoms with Crippen LogP contribution in [0.5, 0.6) is 0 Å². The van der Waals surface area contributed by atoms with Crippen molar-refractivity contribution in [3.05, 3.63) is 17.0 Å². The van der Waals surface area contributed by atoms with Gasteiger partial charge in [-0.3, -0.25) is 0 Å². The van der Waals surface area contributed by atoms with E-state index in [1.54, 1.807) is 0 Å². The minimum atomic E-state index is 0. The molecule has 0 spiro atoms. The average molecular weight is 464 g/mol. The number of ether oxygens (including phenoxy) is 1. The first-order valence-electron chi connectivity index (χ1n) is 9.34. The molecule has 0 saturated heterocycles. The summed E-state index contributed by atoms with van der Waals surface area (Å²) in [7, 11) is 0. The number of nitrogens with zero attached hydrogens (tertiary/aromatic N) is 2. The fraction of sp³-hybridized carbons (Fsp3) is 0.778. The molecule has 2 N–H and O–H groups in total. The lowest BCUT2D eigenvalue weighted by Gasteiger charge is -2.11. The van der Waals surface area contributed by atoms with Gasteiger partial charge >= 0.3 is 0 Å². The molecule has 6 nitrogen and oxygen atoms in total. The molecule has 0 unspecified atom stereocenters. The highest BCUT2D eigenvalue weighted by molar-refractivity contribution is 14.0. The molecular formula is C18H33IN4O2. The van der Waals surface area contributed by atoms with Gasteiger partial charge in [-0.2, -0.15) is 0 Å². The summed E-state index contributed by atoms with van der Waals surface area (Å²) in [6.45, 7) is 10.3. The van der Waals surface area contributed by atoms with Gasteiger partial charge in [0.2, 0.25) is 0 Å². The number of guanidine groups is 1. The highest BCUT2D eigenvalue weighted by atomic mass is 127. The predicted molar refractivity (Wildman–Crippen MR) is 112 cm³/mol. The van der Waals surface area contributed by atoms with E-state index in [1.165, 1.54) is 12.8 Å². The Bertz CT molecular complexity index is 494. The van der Waals surface area contributed by atoms with E-state index in [0.717, 1.165) is 74.5 Å². The summed E-state index contributed by atoms with van der Waals surface area (Å²) in [5.74, 6) is 2.62. The molecule has 1 heterocycles. The average Bonchev–Trinajstić information content (AvgIpc) is 3.33. The van der Waals surface area contributed by atoms with Crippen LogP contribution in [0.25, 0.3) is 0 Å².